The predicted molar refractivity (Wildman–Crippen MR) is 44.4 cm³/mol. The summed E-state index contributed by atoms with van der Waals surface area (Å²) in [5, 5.41) is 3.25. The molecule has 0 spiro atoms. The van der Waals surface area contributed by atoms with Crippen molar-refractivity contribution in [3.05, 3.63) is 0 Å². The van der Waals surface area contributed by atoms with Crippen molar-refractivity contribution >= 4 is 18.0 Å². The Bertz CT molecular complexity index is 136. The van der Waals surface area contributed by atoms with Crippen LogP contribution in [0.25, 0.3) is 0 Å². The van der Waals surface area contributed by atoms with Crippen molar-refractivity contribution in [2.75, 3.05) is 11.5 Å². The van der Waals surface area contributed by atoms with Crippen molar-refractivity contribution in [3.8, 4) is 0 Å². The summed E-state index contributed by atoms with van der Waals surface area (Å²) in [7, 11) is 0. The molecule has 1 aliphatic heterocycles. The highest BCUT2D eigenvalue weighted by molar-refractivity contribution is 7.99. The highest BCUT2D eigenvalue weighted by Gasteiger charge is 2.26. The maximum absolute atomic E-state index is 10.4. The standard InChI is InChI=1S/C7H13NOS/c1-7(2)5-10-4-6(3-9)8-7/h3,6,8H,4-5H2,1-2H3. The van der Waals surface area contributed by atoms with E-state index in [1.807, 2.05) is 11.8 Å². The van der Waals surface area contributed by atoms with Crippen LogP contribution in [0, 0.1) is 0 Å². The summed E-state index contributed by atoms with van der Waals surface area (Å²) >= 11 is 1.84. The first-order chi connectivity index (χ1) is 4.64. The van der Waals surface area contributed by atoms with Crippen molar-refractivity contribution in [2.24, 2.45) is 0 Å². The average molecular weight is 159 g/mol. The lowest BCUT2D eigenvalue weighted by atomic mass is 10.1. The molecule has 58 valence electrons. The molecule has 0 amide bonds. The number of hydrogen-bond acceptors (Lipinski definition) is 3. The lowest BCUT2D eigenvalue weighted by Crippen LogP contribution is -2.53. The van der Waals surface area contributed by atoms with Crippen LogP contribution in [0.1, 0.15) is 13.8 Å². The third kappa shape index (κ3) is 1.99. The van der Waals surface area contributed by atoms with Gasteiger partial charge in [-0.1, -0.05) is 0 Å². The summed E-state index contributed by atoms with van der Waals surface area (Å²) < 4.78 is 0. The lowest BCUT2D eigenvalue weighted by Gasteiger charge is -2.34. The maximum Gasteiger partial charge on any atom is 0.137 e. The van der Waals surface area contributed by atoms with Gasteiger partial charge in [-0.25, -0.2) is 0 Å². The molecule has 1 saturated heterocycles. The van der Waals surface area contributed by atoms with Gasteiger partial charge in [-0.05, 0) is 13.8 Å². The molecule has 1 fully saturated rings. The number of carbonyl (C=O) groups is 1. The van der Waals surface area contributed by atoms with Gasteiger partial charge in [-0.3, -0.25) is 0 Å². The van der Waals surface area contributed by atoms with Crippen LogP contribution >= 0.6 is 11.8 Å². The van der Waals surface area contributed by atoms with Crippen LogP contribution < -0.4 is 5.32 Å². The van der Waals surface area contributed by atoms with Gasteiger partial charge in [0.2, 0.25) is 0 Å². The first kappa shape index (κ1) is 8.08. The number of rotatable bonds is 1. The largest absolute Gasteiger partial charge is 0.302 e. The minimum Gasteiger partial charge on any atom is -0.302 e. The Morgan fingerprint density at radius 1 is 1.70 bits per heavy atom. The molecule has 0 aromatic rings. The summed E-state index contributed by atoms with van der Waals surface area (Å²) in [6.45, 7) is 4.24. The van der Waals surface area contributed by atoms with Crippen molar-refractivity contribution in [1.29, 1.82) is 0 Å². The highest BCUT2D eigenvalue weighted by Crippen LogP contribution is 2.19. The molecule has 0 aromatic carbocycles. The van der Waals surface area contributed by atoms with Gasteiger partial charge >= 0.3 is 0 Å². The third-order valence-corrected chi connectivity index (χ3v) is 3.02. The van der Waals surface area contributed by atoms with E-state index in [0.717, 1.165) is 17.8 Å². The number of thioether (sulfide) groups is 1. The van der Waals surface area contributed by atoms with Gasteiger partial charge in [0.15, 0.2) is 0 Å². The van der Waals surface area contributed by atoms with E-state index in [-0.39, 0.29) is 11.6 Å². The van der Waals surface area contributed by atoms with Crippen LogP contribution in [-0.2, 0) is 4.79 Å². The van der Waals surface area contributed by atoms with Gasteiger partial charge in [-0.2, -0.15) is 11.8 Å². The first-order valence-corrected chi connectivity index (χ1v) is 4.60. The number of carbonyl (C=O) groups excluding carboxylic acids is 1. The van der Waals surface area contributed by atoms with Crippen LogP contribution in [0.15, 0.2) is 0 Å². The summed E-state index contributed by atoms with van der Waals surface area (Å²) in [5.41, 5.74) is 0.133. The van der Waals surface area contributed by atoms with Crippen LogP contribution in [0.2, 0.25) is 0 Å². The smallest absolute Gasteiger partial charge is 0.137 e. The molecular weight excluding hydrogens is 146 g/mol. The first-order valence-electron chi connectivity index (χ1n) is 3.45. The second-order valence-electron chi connectivity index (χ2n) is 3.29. The van der Waals surface area contributed by atoms with Crippen LogP contribution in [0.3, 0.4) is 0 Å². The summed E-state index contributed by atoms with van der Waals surface area (Å²) in [5.74, 6) is 2.02. The van der Waals surface area contributed by atoms with E-state index in [4.69, 9.17) is 0 Å². The molecule has 1 heterocycles. The molecule has 1 atom stereocenters. The third-order valence-electron chi connectivity index (χ3n) is 1.50. The fourth-order valence-electron chi connectivity index (χ4n) is 1.10. The van der Waals surface area contributed by atoms with Crippen LogP contribution in [0.5, 0.6) is 0 Å². The monoisotopic (exact) mass is 159 g/mol. The SMILES string of the molecule is CC1(C)CSCC(C=O)N1. The molecule has 1 N–H and O–H groups in total. The number of hydrogen-bond donors (Lipinski definition) is 1. The lowest BCUT2D eigenvalue weighted by molar-refractivity contribution is -0.109. The molecule has 2 nitrogen and oxygen atoms in total. The zero-order valence-electron chi connectivity index (χ0n) is 6.39. The van der Waals surface area contributed by atoms with Gasteiger partial charge in [0.05, 0.1) is 6.04 Å². The predicted octanol–water partition coefficient (Wildman–Crippen LogP) is 0.669. The zero-order valence-corrected chi connectivity index (χ0v) is 7.20. The molecule has 1 unspecified atom stereocenters. The fourth-order valence-corrected chi connectivity index (χ4v) is 2.23. The molecule has 10 heavy (non-hydrogen) atoms. The van der Waals surface area contributed by atoms with E-state index in [9.17, 15) is 4.79 Å². The molecule has 0 aliphatic carbocycles. The topological polar surface area (TPSA) is 29.1 Å². The number of nitrogens with one attached hydrogen (secondary N) is 1. The minimum atomic E-state index is 0.0637. The minimum absolute atomic E-state index is 0.0637. The second kappa shape index (κ2) is 2.93. The van der Waals surface area contributed by atoms with Crippen LogP contribution in [0.4, 0.5) is 0 Å². The normalized spacial score (nSPS) is 31.6. The molecule has 1 aliphatic rings. The Morgan fingerprint density at radius 2 is 2.40 bits per heavy atom. The summed E-state index contributed by atoms with van der Waals surface area (Å²) in [6, 6.07) is 0.0637. The van der Waals surface area contributed by atoms with E-state index < -0.39 is 0 Å². The van der Waals surface area contributed by atoms with E-state index in [1.165, 1.54) is 0 Å². The van der Waals surface area contributed by atoms with E-state index in [1.54, 1.807) is 0 Å². The quantitative estimate of drug-likeness (QED) is 0.570. The van der Waals surface area contributed by atoms with Gasteiger partial charge in [0.1, 0.15) is 6.29 Å². The van der Waals surface area contributed by atoms with E-state index in [2.05, 4.69) is 19.2 Å². The van der Waals surface area contributed by atoms with Crippen molar-refractivity contribution in [1.82, 2.24) is 5.32 Å². The number of aldehydes is 1. The van der Waals surface area contributed by atoms with Gasteiger partial charge < -0.3 is 10.1 Å². The van der Waals surface area contributed by atoms with Gasteiger partial charge in [-0.15, -0.1) is 0 Å². The Hall–Kier alpha value is -0.0200. The van der Waals surface area contributed by atoms with E-state index in [0.29, 0.717) is 0 Å². The fraction of sp³-hybridized carbons (Fsp3) is 0.857. The maximum atomic E-state index is 10.4. The van der Waals surface area contributed by atoms with Gasteiger partial charge in [0.25, 0.3) is 0 Å². The highest BCUT2D eigenvalue weighted by atomic mass is 32.2. The average Bonchev–Trinajstić information content (AvgIpc) is 1.86. The Balaban J connectivity index is 2.47. The molecule has 0 bridgehead atoms. The van der Waals surface area contributed by atoms with Crippen molar-refractivity contribution in [2.45, 2.75) is 25.4 Å². The Labute approximate surface area is 65.8 Å². The van der Waals surface area contributed by atoms with Crippen molar-refractivity contribution in [3.63, 3.8) is 0 Å². The molecule has 0 saturated carbocycles. The molecule has 1 rings (SSSR count). The van der Waals surface area contributed by atoms with Crippen molar-refractivity contribution < 1.29 is 4.79 Å². The zero-order chi connectivity index (χ0) is 7.61. The van der Waals surface area contributed by atoms with Crippen LogP contribution in [-0.4, -0.2) is 29.4 Å². The summed E-state index contributed by atoms with van der Waals surface area (Å²) in [6.07, 6.45) is 0.994. The Morgan fingerprint density at radius 3 is 2.80 bits per heavy atom. The molecule has 3 heteroatoms. The Kier molecular flexibility index (Phi) is 2.36. The van der Waals surface area contributed by atoms with Gasteiger partial charge in [0, 0.05) is 17.0 Å². The summed E-state index contributed by atoms with van der Waals surface area (Å²) in [4.78, 5) is 10.4. The molecule has 0 radical (unpaired) electrons. The molecule has 0 aromatic heterocycles. The van der Waals surface area contributed by atoms with E-state index >= 15 is 0 Å². The second-order valence-corrected chi connectivity index (χ2v) is 4.32. The molecular formula is C7H13NOS.